The van der Waals surface area contributed by atoms with Gasteiger partial charge in [0.05, 0.1) is 28.8 Å². The summed E-state index contributed by atoms with van der Waals surface area (Å²) >= 11 is 6.36. The van der Waals surface area contributed by atoms with Crippen molar-refractivity contribution in [3.05, 3.63) is 35.4 Å². The molecule has 2 aliphatic rings. The van der Waals surface area contributed by atoms with E-state index in [-0.39, 0.29) is 12.4 Å². The van der Waals surface area contributed by atoms with E-state index in [1.165, 1.54) is 0 Å². The van der Waals surface area contributed by atoms with Crippen LogP contribution in [0.2, 0.25) is 5.02 Å². The molecule has 4 rings (SSSR count). The van der Waals surface area contributed by atoms with Crippen LogP contribution in [-0.2, 0) is 5.60 Å². The molecule has 0 amide bonds. The van der Waals surface area contributed by atoms with E-state index >= 15 is 0 Å². The fourth-order valence-corrected chi connectivity index (χ4v) is 4.15. The minimum absolute atomic E-state index is 0. The summed E-state index contributed by atoms with van der Waals surface area (Å²) in [6.45, 7) is 2.01. The topological polar surface area (TPSA) is 49.6 Å². The second-order valence-electron chi connectivity index (χ2n) is 5.84. The van der Waals surface area contributed by atoms with E-state index in [0.717, 1.165) is 37.1 Å². The van der Waals surface area contributed by atoms with E-state index in [9.17, 15) is 5.11 Å². The van der Waals surface area contributed by atoms with Crippen LogP contribution in [-0.4, -0.2) is 27.6 Å². The number of nitrogens with zero attached hydrogens (tertiary/aromatic N) is 2. The predicted octanol–water partition coefficient (Wildman–Crippen LogP) is 2.23. The monoisotopic (exact) mass is 313 g/mol. The van der Waals surface area contributed by atoms with Gasteiger partial charge >= 0.3 is 0 Å². The lowest BCUT2D eigenvalue weighted by molar-refractivity contribution is 0.0304. The number of fused-ring (bicyclic) bond motifs is 2. The van der Waals surface area contributed by atoms with Gasteiger partial charge in [0.15, 0.2) is 0 Å². The third kappa shape index (κ3) is 1.94. The molecular formula is C14H17Cl2N3O. The van der Waals surface area contributed by atoms with Crippen LogP contribution in [0, 0.1) is 11.8 Å². The second kappa shape index (κ2) is 4.88. The van der Waals surface area contributed by atoms with Crippen molar-refractivity contribution in [2.75, 3.05) is 13.1 Å². The van der Waals surface area contributed by atoms with Crippen molar-refractivity contribution >= 4 is 29.5 Å². The van der Waals surface area contributed by atoms with E-state index < -0.39 is 5.60 Å². The fraction of sp³-hybridized carbons (Fsp3) is 0.500. The Kier molecular flexibility index (Phi) is 3.45. The molecule has 2 atom stereocenters. The smallest absolute Gasteiger partial charge is 0.107 e. The summed E-state index contributed by atoms with van der Waals surface area (Å²) in [6.07, 6.45) is 5.09. The average Bonchev–Trinajstić information content (AvgIpc) is 3.02. The van der Waals surface area contributed by atoms with Gasteiger partial charge in [0.25, 0.3) is 0 Å². The average molecular weight is 314 g/mol. The first-order valence-corrected chi connectivity index (χ1v) is 7.09. The number of pyridine rings is 1. The van der Waals surface area contributed by atoms with Gasteiger partial charge in [0.2, 0.25) is 0 Å². The molecule has 0 spiro atoms. The lowest BCUT2D eigenvalue weighted by atomic mass is 9.94. The number of halogens is 2. The van der Waals surface area contributed by atoms with Crippen molar-refractivity contribution in [1.29, 1.82) is 0 Å². The quantitative estimate of drug-likeness (QED) is 0.849. The highest BCUT2D eigenvalue weighted by atomic mass is 35.5. The molecule has 2 N–H and O–H groups in total. The standard InChI is InChI=1S/C14H16ClN3O.ClH/c15-12-2-1-11-7-17-8-18(11)13(12)14(19)3-9-5-16-6-10(9)4-14;/h1-2,7-10,16,19H,3-6H2;1H. The SMILES string of the molecule is Cl.OC1(c2c(Cl)ccc3cncn23)CC2CNCC2C1. The van der Waals surface area contributed by atoms with Gasteiger partial charge in [-0.1, -0.05) is 11.6 Å². The van der Waals surface area contributed by atoms with Crippen LogP contribution in [0.4, 0.5) is 0 Å². The van der Waals surface area contributed by atoms with Crippen LogP contribution in [0.5, 0.6) is 0 Å². The van der Waals surface area contributed by atoms with Crippen LogP contribution in [0.1, 0.15) is 18.5 Å². The number of aromatic nitrogens is 2. The van der Waals surface area contributed by atoms with Gasteiger partial charge in [-0.2, -0.15) is 0 Å². The summed E-state index contributed by atoms with van der Waals surface area (Å²) in [5, 5.41) is 15.1. The van der Waals surface area contributed by atoms with Crippen LogP contribution >= 0.6 is 24.0 Å². The van der Waals surface area contributed by atoms with Gasteiger partial charge < -0.3 is 10.4 Å². The summed E-state index contributed by atoms with van der Waals surface area (Å²) in [5.41, 5.74) is 0.955. The Morgan fingerprint density at radius 3 is 2.70 bits per heavy atom. The number of aliphatic hydroxyl groups is 1. The lowest BCUT2D eigenvalue weighted by Crippen LogP contribution is -2.28. The van der Waals surface area contributed by atoms with Crippen LogP contribution in [0.25, 0.3) is 5.52 Å². The van der Waals surface area contributed by atoms with Crippen molar-refractivity contribution in [1.82, 2.24) is 14.7 Å². The Morgan fingerprint density at radius 1 is 1.30 bits per heavy atom. The van der Waals surface area contributed by atoms with Crippen LogP contribution < -0.4 is 5.32 Å². The number of rotatable bonds is 1. The minimum Gasteiger partial charge on any atom is -0.384 e. The Balaban J connectivity index is 0.00000121. The number of hydrogen-bond donors (Lipinski definition) is 2. The first-order valence-electron chi connectivity index (χ1n) is 6.71. The molecular weight excluding hydrogens is 297 g/mol. The highest BCUT2D eigenvalue weighted by Crippen LogP contribution is 2.48. The van der Waals surface area contributed by atoms with Gasteiger partial charge in [0.1, 0.15) is 5.60 Å². The normalized spacial score (nSPS) is 32.3. The van der Waals surface area contributed by atoms with E-state index in [1.807, 2.05) is 16.5 Å². The second-order valence-corrected chi connectivity index (χ2v) is 6.24. The van der Waals surface area contributed by atoms with Crippen molar-refractivity contribution < 1.29 is 5.11 Å². The summed E-state index contributed by atoms with van der Waals surface area (Å²) < 4.78 is 1.93. The van der Waals surface area contributed by atoms with Crippen LogP contribution in [0.15, 0.2) is 24.7 Å². The molecule has 20 heavy (non-hydrogen) atoms. The molecule has 1 aliphatic carbocycles. The molecule has 1 saturated heterocycles. The van der Waals surface area contributed by atoms with Crippen molar-refractivity contribution in [3.63, 3.8) is 0 Å². The van der Waals surface area contributed by atoms with E-state index in [2.05, 4.69) is 10.3 Å². The molecule has 0 aromatic carbocycles. The molecule has 3 heterocycles. The zero-order valence-corrected chi connectivity index (χ0v) is 12.5. The Bertz CT molecular complexity index is 630. The maximum absolute atomic E-state index is 11.1. The van der Waals surface area contributed by atoms with Crippen molar-refractivity contribution in [2.45, 2.75) is 18.4 Å². The maximum Gasteiger partial charge on any atom is 0.107 e. The largest absolute Gasteiger partial charge is 0.384 e. The van der Waals surface area contributed by atoms with Gasteiger partial charge in [-0.25, -0.2) is 4.98 Å². The van der Waals surface area contributed by atoms with Crippen molar-refractivity contribution in [2.24, 2.45) is 11.8 Å². The zero-order chi connectivity index (χ0) is 13.0. The molecule has 108 valence electrons. The number of imidazole rings is 1. The lowest BCUT2D eigenvalue weighted by Gasteiger charge is -2.26. The third-order valence-corrected chi connectivity index (χ3v) is 4.96. The first kappa shape index (κ1) is 14.1. The Morgan fingerprint density at radius 2 is 2.00 bits per heavy atom. The summed E-state index contributed by atoms with van der Waals surface area (Å²) in [5.74, 6) is 1.11. The molecule has 1 saturated carbocycles. The highest BCUT2D eigenvalue weighted by molar-refractivity contribution is 6.31. The molecule has 2 unspecified atom stereocenters. The first-order chi connectivity index (χ1) is 9.17. The molecule has 0 bridgehead atoms. The predicted molar refractivity (Wildman–Crippen MR) is 80.4 cm³/mol. The van der Waals surface area contributed by atoms with E-state index in [4.69, 9.17) is 11.6 Å². The number of hydrogen-bond acceptors (Lipinski definition) is 3. The molecule has 4 nitrogen and oxygen atoms in total. The number of nitrogens with one attached hydrogen (secondary N) is 1. The molecule has 2 aromatic rings. The third-order valence-electron chi connectivity index (χ3n) is 4.65. The highest BCUT2D eigenvalue weighted by Gasteiger charge is 2.48. The maximum atomic E-state index is 11.1. The van der Waals surface area contributed by atoms with Gasteiger partial charge in [-0.3, -0.25) is 4.40 Å². The minimum atomic E-state index is -0.825. The fourth-order valence-electron chi connectivity index (χ4n) is 3.82. The van der Waals surface area contributed by atoms with E-state index in [0.29, 0.717) is 16.9 Å². The molecule has 2 aromatic heterocycles. The molecule has 1 aliphatic heterocycles. The zero-order valence-electron chi connectivity index (χ0n) is 10.9. The van der Waals surface area contributed by atoms with Crippen LogP contribution in [0.3, 0.4) is 0 Å². The molecule has 2 fully saturated rings. The molecule has 6 heteroatoms. The summed E-state index contributed by atoms with van der Waals surface area (Å²) in [4.78, 5) is 4.16. The van der Waals surface area contributed by atoms with Gasteiger partial charge in [-0.05, 0) is 49.9 Å². The molecule has 0 radical (unpaired) electrons. The van der Waals surface area contributed by atoms with Gasteiger partial charge in [0, 0.05) is 0 Å². The Labute approximate surface area is 128 Å². The summed E-state index contributed by atoms with van der Waals surface area (Å²) in [6, 6.07) is 3.79. The van der Waals surface area contributed by atoms with Gasteiger partial charge in [-0.15, -0.1) is 12.4 Å². The summed E-state index contributed by atoms with van der Waals surface area (Å²) in [7, 11) is 0. The Hall–Kier alpha value is -0.810. The van der Waals surface area contributed by atoms with E-state index in [1.54, 1.807) is 12.5 Å². The van der Waals surface area contributed by atoms with Crippen molar-refractivity contribution in [3.8, 4) is 0 Å².